The minimum atomic E-state index is 0. The van der Waals surface area contributed by atoms with E-state index in [9.17, 15) is 0 Å². The van der Waals surface area contributed by atoms with E-state index < -0.39 is 0 Å². The van der Waals surface area contributed by atoms with Crippen molar-refractivity contribution in [2.75, 3.05) is 39.3 Å². The van der Waals surface area contributed by atoms with Crippen molar-refractivity contribution in [1.82, 2.24) is 14.7 Å². The number of hydrogen-bond donors (Lipinski definition) is 0. The molecule has 0 amide bonds. The van der Waals surface area contributed by atoms with Crippen LogP contribution in [0, 0.1) is 0 Å². The molecular weight excluding hydrogens is 741 g/mol. The zero-order chi connectivity index (χ0) is 21.8. The summed E-state index contributed by atoms with van der Waals surface area (Å²) in [4.78, 5) is 6.19. The summed E-state index contributed by atoms with van der Waals surface area (Å²) in [5.74, 6) is 0. The third kappa shape index (κ3) is 30.6. The topological polar surface area (TPSA) is 9.72 Å². The van der Waals surface area contributed by atoms with E-state index in [2.05, 4.69) is 56.2 Å². The van der Waals surface area contributed by atoms with Crippen molar-refractivity contribution < 1.29 is 60.9 Å². The third-order valence-electron chi connectivity index (χ3n) is 3.28. The summed E-state index contributed by atoms with van der Waals surface area (Å²) >= 11 is 29.0. The van der Waals surface area contributed by atoms with Crippen LogP contribution in [0.5, 0.6) is 0 Å². The molecule has 0 atom stereocenters. The van der Waals surface area contributed by atoms with Crippen molar-refractivity contribution >= 4 is 143 Å². The minimum absolute atomic E-state index is 0. The molecule has 3 nitrogen and oxygen atoms in total. The summed E-state index contributed by atoms with van der Waals surface area (Å²) in [6.07, 6.45) is 0. The van der Waals surface area contributed by atoms with Gasteiger partial charge in [-0.15, -0.1) is 0 Å². The molecule has 0 aliphatic carbocycles. The Hall–Kier alpha value is 4.45. The van der Waals surface area contributed by atoms with Gasteiger partial charge in [0.2, 0.25) is 0 Å². The van der Waals surface area contributed by atoms with Gasteiger partial charge in [-0.3, -0.25) is 32.4 Å². The predicted octanol–water partition coefficient (Wildman–Crippen LogP) is -3.61. The van der Waals surface area contributed by atoms with Gasteiger partial charge in [-0.2, -0.15) is 0 Å². The fourth-order valence-corrected chi connectivity index (χ4v) is 4.42. The third-order valence-corrected chi connectivity index (χ3v) is 8.38. The van der Waals surface area contributed by atoms with Crippen LogP contribution >= 0.6 is 69.0 Å². The molecular formula is C15H33BiLi3N3S9. The molecule has 0 N–H and O–H groups in total. The Kier molecular flexibility index (Phi) is 65.3. The first-order valence-corrected chi connectivity index (χ1v) is 15.0. The maximum absolute atomic E-state index is 4.96. The Morgan fingerprint density at radius 3 is 0.710 bits per heavy atom. The monoisotopic (exact) mass is 773 g/mol. The molecule has 0 heterocycles. The molecule has 0 aliphatic rings. The molecule has 0 bridgehead atoms. The number of hydrogen-bond acceptors (Lipinski definition) is 9. The quantitative estimate of drug-likeness (QED) is 0.115. The largest absolute Gasteiger partial charge is 3.00 e. The van der Waals surface area contributed by atoms with Crippen LogP contribution in [0.15, 0.2) is 0 Å². The summed E-state index contributed by atoms with van der Waals surface area (Å²) in [5.41, 5.74) is 0. The van der Waals surface area contributed by atoms with Gasteiger partial charge in [0.15, 0.2) is 0 Å². The van der Waals surface area contributed by atoms with Crippen molar-refractivity contribution in [2.45, 2.75) is 41.5 Å². The standard InChI is InChI=1S/3C5H11NS3.Bi.3Li.3H/c3*1-3-6(4-2)5(7)9-8;;;;;;;/h3*8H,3-4H2,1-2H3;;;;;;;/q;;;+3;3*+1;3*-1/p-3. The molecule has 0 rings (SSSR count). The number of thiocarbonyl (C=S) groups is 3. The molecule has 2 radical (unpaired) electrons. The van der Waals surface area contributed by atoms with Gasteiger partial charge in [-0.05, 0) is 41.5 Å². The van der Waals surface area contributed by atoms with Crippen LogP contribution in [0.4, 0.5) is 0 Å². The number of nitrogens with zero attached hydrogens (tertiary/aromatic N) is 3. The Morgan fingerprint density at radius 2 is 0.677 bits per heavy atom. The SMILES string of the molecule is CCN(CC)C(=S)S[S-].CCN(CC)C(=S)S[S-].CCN(CC)C(=S)S[S-].[Bi+3].[H-].[H-].[H-].[Li+].[Li+].[Li+]. The molecule has 0 spiro atoms. The van der Waals surface area contributed by atoms with Crippen LogP contribution in [0.1, 0.15) is 45.8 Å². The summed E-state index contributed by atoms with van der Waals surface area (Å²) in [7, 11) is 3.67. The Balaban J connectivity index is -0.0000000288. The van der Waals surface area contributed by atoms with Gasteiger partial charge < -0.3 is 54.0 Å². The molecule has 16 heteroatoms. The summed E-state index contributed by atoms with van der Waals surface area (Å²) in [5, 5.41) is 0. The average molecular weight is 774 g/mol. The summed E-state index contributed by atoms with van der Waals surface area (Å²) < 4.78 is 2.44. The van der Waals surface area contributed by atoms with Gasteiger partial charge in [0.05, 0.1) is 0 Å². The first-order valence-electron chi connectivity index (χ1n) is 8.54. The van der Waals surface area contributed by atoms with Gasteiger partial charge in [-0.25, -0.2) is 0 Å². The van der Waals surface area contributed by atoms with Crippen molar-refractivity contribution in [3.05, 3.63) is 0 Å². The fraction of sp³-hybridized carbons (Fsp3) is 0.800. The van der Waals surface area contributed by atoms with E-state index >= 15 is 0 Å². The maximum atomic E-state index is 4.96. The van der Waals surface area contributed by atoms with E-state index in [4.69, 9.17) is 71.6 Å². The summed E-state index contributed by atoms with van der Waals surface area (Å²) in [6.45, 7) is 18.2. The molecule has 0 aliphatic heterocycles. The van der Waals surface area contributed by atoms with Crippen LogP contribution in [-0.4, -0.2) is 93.1 Å². The molecule has 0 aromatic rings. The van der Waals surface area contributed by atoms with Crippen molar-refractivity contribution in [2.24, 2.45) is 0 Å². The first kappa shape index (κ1) is 52.0. The van der Waals surface area contributed by atoms with Crippen molar-refractivity contribution in [3.8, 4) is 0 Å². The second-order valence-electron chi connectivity index (χ2n) is 4.56. The van der Waals surface area contributed by atoms with E-state index in [0.29, 0.717) is 0 Å². The first-order chi connectivity index (χ1) is 12.8. The van der Waals surface area contributed by atoms with Crippen LogP contribution in [0.2, 0.25) is 0 Å². The normalized spacial score (nSPS) is 8.03. The van der Waals surface area contributed by atoms with Gasteiger partial charge in [0.1, 0.15) is 13.0 Å². The molecule has 0 aromatic carbocycles. The van der Waals surface area contributed by atoms with Gasteiger partial charge >= 0.3 is 82.8 Å². The molecule has 0 aromatic heterocycles. The van der Waals surface area contributed by atoms with E-state index in [-0.39, 0.29) is 87.1 Å². The fourth-order valence-electron chi connectivity index (χ4n) is 1.60. The van der Waals surface area contributed by atoms with Gasteiger partial charge in [-0.1, -0.05) is 36.7 Å². The van der Waals surface area contributed by atoms with E-state index in [0.717, 1.165) is 52.2 Å². The van der Waals surface area contributed by atoms with Gasteiger partial charge in [0, 0.05) is 39.3 Å². The van der Waals surface area contributed by atoms with E-state index in [1.807, 2.05) is 0 Å². The average Bonchev–Trinajstić information content (AvgIpc) is 2.71. The second-order valence-corrected chi connectivity index (χ2v) is 9.66. The molecule has 0 unspecified atom stereocenters. The van der Waals surface area contributed by atoms with Gasteiger partial charge in [0.25, 0.3) is 0 Å². The Labute approximate surface area is 295 Å². The van der Waals surface area contributed by atoms with Crippen LogP contribution in [-0.2, 0) is 35.0 Å². The van der Waals surface area contributed by atoms with E-state index in [1.165, 1.54) is 32.4 Å². The number of rotatable bonds is 6. The smallest absolute Gasteiger partial charge is 1.00 e. The van der Waals surface area contributed by atoms with Crippen LogP contribution in [0.3, 0.4) is 0 Å². The molecule has 0 saturated heterocycles. The second kappa shape index (κ2) is 39.0. The zero-order valence-corrected chi connectivity index (χ0v) is 31.0. The maximum Gasteiger partial charge on any atom is 3.00 e. The zero-order valence-electron chi connectivity index (χ0n) is 23.2. The Bertz CT molecular complexity index is 363. The van der Waals surface area contributed by atoms with Crippen molar-refractivity contribution in [3.63, 3.8) is 0 Å². The molecule has 0 fully saturated rings. The van der Waals surface area contributed by atoms with Crippen LogP contribution in [0.25, 0.3) is 0 Å². The van der Waals surface area contributed by atoms with Crippen LogP contribution < -0.4 is 56.6 Å². The minimum Gasteiger partial charge on any atom is -1.00 e. The molecule has 31 heavy (non-hydrogen) atoms. The summed E-state index contributed by atoms with van der Waals surface area (Å²) in [6, 6.07) is 0. The predicted molar refractivity (Wildman–Crippen MR) is 161 cm³/mol. The van der Waals surface area contributed by atoms with Crippen molar-refractivity contribution in [1.29, 1.82) is 0 Å². The van der Waals surface area contributed by atoms with E-state index in [1.54, 1.807) is 0 Å². The molecule has 0 saturated carbocycles. The molecule has 170 valence electrons. The Morgan fingerprint density at radius 1 is 0.548 bits per heavy atom.